The summed E-state index contributed by atoms with van der Waals surface area (Å²) in [6.45, 7) is 1.61. The summed E-state index contributed by atoms with van der Waals surface area (Å²) in [6.07, 6.45) is 3.94. The van der Waals surface area contributed by atoms with E-state index in [0.717, 1.165) is 42.6 Å². The molecule has 94 valence electrons. The molecule has 3 N–H and O–H groups in total. The molecule has 1 saturated heterocycles. The van der Waals surface area contributed by atoms with Crippen LogP contribution in [0, 0.1) is 0 Å². The number of nitrogens with zero attached hydrogens (tertiary/aromatic N) is 1. The number of nitrogen functional groups attached to an aromatic ring is 1. The molecule has 0 saturated carbocycles. The van der Waals surface area contributed by atoms with Crippen LogP contribution < -0.4 is 11.1 Å². The summed E-state index contributed by atoms with van der Waals surface area (Å²) in [5, 5.41) is 4.57. The topological polar surface area (TPSA) is 60.2 Å². The predicted octanol–water partition coefficient (Wildman–Crippen LogP) is 2.41. The largest absolute Gasteiger partial charge is 0.396 e. The maximum absolute atomic E-state index is 6.04. The van der Waals surface area contributed by atoms with Crippen molar-refractivity contribution in [2.75, 3.05) is 24.3 Å². The van der Waals surface area contributed by atoms with Gasteiger partial charge in [0.25, 0.3) is 0 Å². The summed E-state index contributed by atoms with van der Waals surface area (Å²) >= 11 is 0. The highest BCUT2D eigenvalue weighted by Crippen LogP contribution is 2.29. The van der Waals surface area contributed by atoms with Gasteiger partial charge in [0, 0.05) is 18.0 Å². The van der Waals surface area contributed by atoms with Gasteiger partial charge in [-0.2, -0.15) is 0 Å². The average Bonchev–Trinajstić information content (AvgIpc) is 2.43. The van der Waals surface area contributed by atoms with Crippen molar-refractivity contribution in [2.24, 2.45) is 0 Å². The van der Waals surface area contributed by atoms with E-state index >= 15 is 0 Å². The molecule has 3 rings (SSSR count). The Labute approximate surface area is 106 Å². The number of rotatable bonds is 2. The Morgan fingerprint density at radius 3 is 3.06 bits per heavy atom. The second-order valence-electron chi connectivity index (χ2n) is 4.66. The van der Waals surface area contributed by atoms with Crippen molar-refractivity contribution in [3.8, 4) is 0 Å². The molecule has 2 heterocycles. The molecule has 1 aliphatic rings. The molecule has 1 fully saturated rings. The van der Waals surface area contributed by atoms with Crippen molar-refractivity contribution >= 4 is 22.3 Å². The number of nitrogens with one attached hydrogen (secondary N) is 1. The molecule has 1 aromatic carbocycles. The summed E-state index contributed by atoms with van der Waals surface area (Å²) < 4.78 is 5.49. The minimum Gasteiger partial charge on any atom is -0.396 e. The Balaban J connectivity index is 1.96. The van der Waals surface area contributed by atoms with E-state index in [2.05, 4.69) is 10.3 Å². The van der Waals surface area contributed by atoms with Gasteiger partial charge in [0.05, 0.1) is 29.7 Å². The smallest absolute Gasteiger partial charge is 0.0743 e. The van der Waals surface area contributed by atoms with Crippen molar-refractivity contribution in [3.63, 3.8) is 0 Å². The Morgan fingerprint density at radius 1 is 1.33 bits per heavy atom. The van der Waals surface area contributed by atoms with Gasteiger partial charge < -0.3 is 15.8 Å². The second kappa shape index (κ2) is 4.82. The van der Waals surface area contributed by atoms with Crippen LogP contribution >= 0.6 is 0 Å². The summed E-state index contributed by atoms with van der Waals surface area (Å²) in [5.41, 5.74) is 8.68. The lowest BCUT2D eigenvalue weighted by Crippen LogP contribution is -2.30. The molecular weight excluding hydrogens is 226 g/mol. The number of hydrogen-bond acceptors (Lipinski definition) is 4. The number of nitrogens with two attached hydrogens (primary N) is 1. The lowest BCUT2D eigenvalue weighted by Gasteiger charge is -2.25. The first-order valence-electron chi connectivity index (χ1n) is 6.32. The monoisotopic (exact) mass is 243 g/mol. The van der Waals surface area contributed by atoms with E-state index in [4.69, 9.17) is 10.5 Å². The molecule has 0 radical (unpaired) electrons. The molecule has 1 atom stereocenters. The molecule has 1 aliphatic heterocycles. The van der Waals surface area contributed by atoms with Gasteiger partial charge in [0.1, 0.15) is 0 Å². The van der Waals surface area contributed by atoms with Gasteiger partial charge in [0.15, 0.2) is 0 Å². The minimum atomic E-state index is 0.340. The van der Waals surface area contributed by atoms with Crippen LogP contribution in [0.3, 0.4) is 0 Å². The van der Waals surface area contributed by atoms with Crippen molar-refractivity contribution in [1.82, 2.24) is 4.98 Å². The number of fused-ring (bicyclic) bond motifs is 1. The fraction of sp³-hybridized carbons (Fsp3) is 0.357. The zero-order valence-electron chi connectivity index (χ0n) is 10.2. The number of ether oxygens (including phenoxy) is 1. The van der Waals surface area contributed by atoms with E-state index in [1.54, 1.807) is 6.20 Å². The van der Waals surface area contributed by atoms with E-state index in [1.165, 1.54) is 0 Å². The summed E-state index contributed by atoms with van der Waals surface area (Å²) in [6, 6.07) is 8.37. The molecule has 1 aromatic heterocycles. The van der Waals surface area contributed by atoms with Crippen molar-refractivity contribution in [2.45, 2.75) is 18.9 Å². The maximum Gasteiger partial charge on any atom is 0.0743 e. The molecule has 4 heteroatoms. The zero-order valence-corrected chi connectivity index (χ0v) is 10.2. The second-order valence-corrected chi connectivity index (χ2v) is 4.66. The molecular formula is C14H17N3O. The van der Waals surface area contributed by atoms with Gasteiger partial charge in [-0.05, 0) is 18.9 Å². The van der Waals surface area contributed by atoms with E-state index in [9.17, 15) is 0 Å². The summed E-state index contributed by atoms with van der Waals surface area (Å²) in [7, 11) is 0. The Bertz CT molecular complexity index is 550. The first-order valence-corrected chi connectivity index (χ1v) is 6.32. The Kier molecular flexibility index (Phi) is 3.02. The lowest BCUT2D eigenvalue weighted by atomic mass is 10.1. The highest BCUT2D eigenvalue weighted by molar-refractivity contribution is 5.96. The first kappa shape index (κ1) is 11.3. The molecule has 18 heavy (non-hydrogen) atoms. The van der Waals surface area contributed by atoms with E-state index in [-0.39, 0.29) is 0 Å². The number of aromatic nitrogens is 1. The molecule has 0 aliphatic carbocycles. The van der Waals surface area contributed by atoms with Crippen LogP contribution in [-0.4, -0.2) is 24.2 Å². The lowest BCUT2D eigenvalue weighted by molar-refractivity contribution is 0.0876. The molecule has 2 aromatic rings. The van der Waals surface area contributed by atoms with Crippen molar-refractivity contribution in [1.29, 1.82) is 0 Å². The molecule has 1 unspecified atom stereocenters. The third-order valence-corrected chi connectivity index (χ3v) is 3.31. The SMILES string of the molecule is Nc1cnc2ccccc2c1NC1CCCOC1. The predicted molar refractivity (Wildman–Crippen MR) is 73.6 cm³/mol. The maximum atomic E-state index is 6.04. The highest BCUT2D eigenvalue weighted by atomic mass is 16.5. The molecule has 0 spiro atoms. The third kappa shape index (κ3) is 2.11. The van der Waals surface area contributed by atoms with Crippen molar-refractivity contribution < 1.29 is 4.74 Å². The molecule has 0 bridgehead atoms. The van der Waals surface area contributed by atoms with E-state index < -0.39 is 0 Å². The van der Waals surface area contributed by atoms with Gasteiger partial charge in [0.2, 0.25) is 0 Å². The van der Waals surface area contributed by atoms with Gasteiger partial charge >= 0.3 is 0 Å². The van der Waals surface area contributed by atoms with Crippen LogP contribution in [0.5, 0.6) is 0 Å². The summed E-state index contributed by atoms with van der Waals surface area (Å²) in [4.78, 5) is 4.34. The Morgan fingerprint density at radius 2 is 2.22 bits per heavy atom. The molecule has 4 nitrogen and oxygen atoms in total. The van der Waals surface area contributed by atoms with Gasteiger partial charge in [-0.3, -0.25) is 4.98 Å². The van der Waals surface area contributed by atoms with Crippen LogP contribution in [0.15, 0.2) is 30.5 Å². The molecule has 0 amide bonds. The van der Waals surface area contributed by atoms with Gasteiger partial charge in [-0.15, -0.1) is 0 Å². The fourth-order valence-electron chi connectivity index (χ4n) is 2.38. The highest BCUT2D eigenvalue weighted by Gasteiger charge is 2.16. The van der Waals surface area contributed by atoms with Crippen LogP contribution in [0.4, 0.5) is 11.4 Å². The average molecular weight is 243 g/mol. The zero-order chi connectivity index (χ0) is 12.4. The number of para-hydroxylation sites is 1. The first-order chi connectivity index (χ1) is 8.84. The number of hydrogen-bond donors (Lipinski definition) is 2. The number of pyridine rings is 1. The van der Waals surface area contributed by atoms with Gasteiger partial charge in [-0.1, -0.05) is 18.2 Å². The summed E-state index contributed by atoms with van der Waals surface area (Å²) in [5.74, 6) is 0. The van der Waals surface area contributed by atoms with Crippen LogP contribution in [0.25, 0.3) is 10.9 Å². The van der Waals surface area contributed by atoms with E-state index in [1.807, 2.05) is 24.3 Å². The third-order valence-electron chi connectivity index (χ3n) is 3.31. The number of anilines is 2. The standard InChI is InChI=1S/C14H17N3O/c15-12-8-16-13-6-2-1-5-11(13)14(12)17-10-4-3-7-18-9-10/h1-2,5-6,8,10H,3-4,7,9,15H2,(H,16,17). The van der Waals surface area contributed by atoms with Crippen LogP contribution in [-0.2, 0) is 4.74 Å². The quantitative estimate of drug-likeness (QED) is 0.850. The number of benzene rings is 1. The Hall–Kier alpha value is -1.81. The van der Waals surface area contributed by atoms with Crippen LogP contribution in [0.2, 0.25) is 0 Å². The van der Waals surface area contributed by atoms with Crippen molar-refractivity contribution in [3.05, 3.63) is 30.5 Å². The minimum absolute atomic E-state index is 0.340. The van der Waals surface area contributed by atoms with Crippen LogP contribution in [0.1, 0.15) is 12.8 Å². The van der Waals surface area contributed by atoms with Gasteiger partial charge in [-0.25, -0.2) is 0 Å². The van der Waals surface area contributed by atoms with E-state index in [0.29, 0.717) is 11.7 Å². The fourth-order valence-corrected chi connectivity index (χ4v) is 2.38. The normalized spacial score (nSPS) is 19.9.